The molecular formula is C12H12F2N2OS. The molecule has 2 rings (SSSR count). The van der Waals surface area contributed by atoms with E-state index in [2.05, 4.69) is 15.0 Å². The molecule has 1 heterocycles. The second-order valence-corrected chi connectivity index (χ2v) is 4.33. The normalized spacial score (nSPS) is 10.7. The van der Waals surface area contributed by atoms with Crippen LogP contribution in [0.2, 0.25) is 0 Å². The van der Waals surface area contributed by atoms with Gasteiger partial charge in [-0.05, 0) is 31.2 Å². The fourth-order valence-electron chi connectivity index (χ4n) is 1.45. The van der Waals surface area contributed by atoms with Crippen LogP contribution in [0.5, 0.6) is 5.75 Å². The summed E-state index contributed by atoms with van der Waals surface area (Å²) in [6.45, 7) is 0.0153. The predicted molar refractivity (Wildman–Crippen MR) is 68.3 cm³/mol. The summed E-state index contributed by atoms with van der Waals surface area (Å²) in [7, 11) is 0. The van der Waals surface area contributed by atoms with Crippen molar-refractivity contribution in [2.24, 2.45) is 0 Å². The summed E-state index contributed by atoms with van der Waals surface area (Å²) >= 11 is 1.51. The van der Waals surface area contributed by atoms with Gasteiger partial charge in [-0.1, -0.05) is 0 Å². The minimum Gasteiger partial charge on any atom is -0.435 e. The molecule has 96 valence electrons. The van der Waals surface area contributed by atoms with Gasteiger partial charge in [-0.2, -0.15) is 8.78 Å². The minimum absolute atomic E-state index is 0.149. The molecule has 2 aromatic rings. The fraction of sp³-hybridized carbons (Fsp3) is 0.250. The first-order valence-corrected chi connectivity index (χ1v) is 6.31. The van der Waals surface area contributed by atoms with Crippen LogP contribution in [0.4, 0.5) is 13.9 Å². The van der Waals surface area contributed by atoms with Gasteiger partial charge in [-0.25, -0.2) is 4.98 Å². The van der Waals surface area contributed by atoms with E-state index < -0.39 is 6.61 Å². The third-order valence-electron chi connectivity index (χ3n) is 2.21. The lowest BCUT2D eigenvalue weighted by atomic mass is 10.2. The number of anilines is 1. The molecule has 0 saturated heterocycles. The monoisotopic (exact) mass is 270 g/mol. The summed E-state index contributed by atoms with van der Waals surface area (Å²) in [4.78, 5) is 4.38. The second-order valence-electron chi connectivity index (χ2n) is 3.47. The van der Waals surface area contributed by atoms with E-state index in [9.17, 15) is 8.78 Å². The van der Waals surface area contributed by atoms with Gasteiger partial charge in [-0.3, -0.25) is 0 Å². The summed E-state index contributed by atoms with van der Waals surface area (Å²) in [5.74, 6) is 0.149. The van der Waals surface area contributed by atoms with E-state index in [0.29, 0.717) is 0 Å². The van der Waals surface area contributed by atoms with E-state index in [0.717, 1.165) is 22.9 Å². The number of nitrogens with zero attached hydrogens (tertiary/aromatic N) is 1. The van der Waals surface area contributed by atoms with Gasteiger partial charge in [0.2, 0.25) is 0 Å². The molecule has 0 fully saturated rings. The van der Waals surface area contributed by atoms with Gasteiger partial charge >= 0.3 is 6.61 Å². The highest BCUT2D eigenvalue weighted by atomic mass is 32.1. The molecule has 0 atom stereocenters. The van der Waals surface area contributed by atoms with Crippen LogP contribution in [-0.4, -0.2) is 18.1 Å². The van der Waals surface area contributed by atoms with Gasteiger partial charge in [0.05, 0.1) is 5.69 Å². The maximum Gasteiger partial charge on any atom is 0.387 e. The molecule has 0 aliphatic carbocycles. The summed E-state index contributed by atoms with van der Waals surface area (Å²) in [5.41, 5.74) is 1.69. The summed E-state index contributed by atoms with van der Waals surface area (Å²) in [6, 6.07) is 6.44. The fourth-order valence-corrected chi connectivity index (χ4v) is 2.24. The summed E-state index contributed by atoms with van der Waals surface area (Å²) < 4.78 is 28.3. The van der Waals surface area contributed by atoms with Crippen LogP contribution in [0.15, 0.2) is 29.6 Å². The van der Waals surface area contributed by atoms with Crippen molar-refractivity contribution in [1.82, 2.24) is 4.98 Å². The SMILES string of the molecule is CCNc1nc(-c2ccc(OC(F)F)cc2)cs1. The molecule has 0 aliphatic heterocycles. The number of thiazole rings is 1. The lowest BCUT2D eigenvalue weighted by molar-refractivity contribution is -0.0498. The molecule has 1 N–H and O–H groups in total. The van der Waals surface area contributed by atoms with Gasteiger partial charge in [0, 0.05) is 17.5 Å². The van der Waals surface area contributed by atoms with Crippen molar-refractivity contribution in [3.8, 4) is 17.0 Å². The molecule has 18 heavy (non-hydrogen) atoms. The van der Waals surface area contributed by atoms with Crippen LogP contribution >= 0.6 is 11.3 Å². The maximum atomic E-state index is 12.0. The van der Waals surface area contributed by atoms with Gasteiger partial charge in [-0.15, -0.1) is 11.3 Å². The number of benzene rings is 1. The molecule has 0 radical (unpaired) electrons. The predicted octanol–water partition coefficient (Wildman–Crippen LogP) is 3.84. The maximum absolute atomic E-state index is 12.0. The Bertz CT molecular complexity index is 499. The van der Waals surface area contributed by atoms with Crippen LogP contribution in [-0.2, 0) is 0 Å². The molecule has 6 heteroatoms. The van der Waals surface area contributed by atoms with Crippen molar-refractivity contribution in [2.45, 2.75) is 13.5 Å². The molecule has 0 saturated carbocycles. The van der Waals surface area contributed by atoms with Crippen LogP contribution in [0.1, 0.15) is 6.92 Å². The molecule has 1 aromatic heterocycles. The Labute approximate surface area is 107 Å². The summed E-state index contributed by atoms with van der Waals surface area (Å²) in [5, 5.41) is 5.88. The smallest absolute Gasteiger partial charge is 0.387 e. The highest BCUT2D eigenvalue weighted by Crippen LogP contribution is 2.26. The molecular weight excluding hydrogens is 258 g/mol. The van der Waals surface area contributed by atoms with E-state index in [1.807, 2.05) is 12.3 Å². The van der Waals surface area contributed by atoms with Gasteiger partial charge in [0.25, 0.3) is 0 Å². The number of alkyl halides is 2. The van der Waals surface area contributed by atoms with Crippen molar-refractivity contribution in [1.29, 1.82) is 0 Å². The Morgan fingerprint density at radius 2 is 2.06 bits per heavy atom. The quantitative estimate of drug-likeness (QED) is 0.896. The zero-order valence-corrected chi connectivity index (χ0v) is 10.5. The van der Waals surface area contributed by atoms with Crippen molar-refractivity contribution in [2.75, 3.05) is 11.9 Å². The molecule has 0 unspecified atom stereocenters. The average Bonchev–Trinajstić information content (AvgIpc) is 2.78. The van der Waals surface area contributed by atoms with E-state index >= 15 is 0 Å². The average molecular weight is 270 g/mol. The number of hydrogen-bond donors (Lipinski definition) is 1. The van der Waals surface area contributed by atoms with Crippen LogP contribution in [0, 0.1) is 0 Å². The van der Waals surface area contributed by atoms with E-state index in [4.69, 9.17) is 0 Å². The largest absolute Gasteiger partial charge is 0.435 e. The number of hydrogen-bond acceptors (Lipinski definition) is 4. The molecule has 0 amide bonds. The highest BCUT2D eigenvalue weighted by Gasteiger charge is 2.06. The third-order valence-corrected chi connectivity index (χ3v) is 3.01. The van der Waals surface area contributed by atoms with E-state index in [1.54, 1.807) is 12.1 Å². The van der Waals surface area contributed by atoms with Gasteiger partial charge in [0.1, 0.15) is 5.75 Å². The lowest BCUT2D eigenvalue weighted by Crippen LogP contribution is -2.01. The third kappa shape index (κ3) is 3.16. The first-order valence-electron chi connectivity index (χ1n) is 5.43. The first-order chi connectivity index (χ1) is 8.69. The topological polar surface area (TPSA) is 34.2 Å². The summed E-state index contributed by atoms with van der Waals surface area (Å²) in [6.07, 6.45) is 0. The van der Waals surface area contributed by atoms with E-state index in [1.165, 1.54) is 23.5 Å². The van der Waals surface area contributed by atoms with E-state index in [-0.39, 0.29) is 5.75 Å². The van der Waals surface area contributed by atoms with Crippen molar-refractivity contribution < 1.29 is 13.5 Å². The zero-order chi connectivity index (χ0) is 13.0. The van der Waals surface area contributed by atoms with Gasteiger partial charge in [0.15, 0.2) is 5.13 Å². The Morgan fingerprint density at radius 1 is 1.33 bits per heavy atom. The standard InChI is InChI=1S/C12H12F2N2OS/c1-2-15-12-16-10(7-18-12)8-3-5-9(6-4-8)17-11(13)14/h3-7,11H,2H2,1H3,(H,15,16). The number of rotatable bonds is 5. The zero-order valence-electron chi connectivity index (χ0n) is 9.69. The minimum atomic E-state index is -2.80. The van der Waals surface area contributed by atoms with Crippen LogP contribution in [0.25, 0.3) is 11.3 Å². The number of ether oxygens (including phenoxy) is 1. The Hall–Kier alpha value is -1.69. The highest BCUT2D eigenvalue weighted by molar-refractivity contribution is 7.14. The lowest BCUT2D eigenvalue weighted by Gasteiger charge is -2.04. The van der Waals surface area contributed by atoms with Crippen molar-refractivity contribution in [3.63, 3.8) is 0 Å². The molecule has 1 aromatic carbocycles. The number of aromatic nitrogens is 1. The molecule has 0 aliphatic rings. The molecule has 0 spiro atoms. The molecule has 3 nitrogen and oxygen atoms in total. The van der Waals surface area contributed by atoms with Gasteiger partial charge < -0.3 is 10.1 Å². The van der Waals surface area contributed by atoms with Crippen LogP contribution < -0.4 is 10.1 Å². The second kappa shape index (κ2) is 5.77. The van der Waals surface area contributed by atoms with Crippen molar-refractivity contribution >= 4 is 16.5 Å². The Kier molecular flexibility index (Phi) is 4.09. The molecule has 0 bridgehead atoms. The Morgan fingerprint density at radius 3 is 2.67 bits per heavy atom. The van der Waals surface area contributed by atoms with Crippen LogP contribution in [0.3, 0.4) is 0 Å². The number of halogens is 2. The number of nitrogens with one attached hydrogen (secondary N) is 1. The van der Waals surface area contributed by atoms with Crippen molar-refractivity contribution in [3.05, 3.63) is 29.6 Å². The first kappa shape index (κ1) is 12.8. The Balaban J connectivity index is 2.12.